The van der Waals surface area contributed by atoms with Gasteiger partial charge in [0.05, 0.1) is 35.6 Å². The van der Waals surface area contributed by atoms with Gasteiger partial charge in [0, 0.05) is 11.1 Å². The molecule has 45 heavy (non-hydrogen) atoms. The number of methoxy groups -OCH3 is 1. The zero-order chi connectivity index (χ0) is 31.3. The SMILES string of the molecule is CCOC(=O)C1=C(c2ccccc2)N=c2s/c(=C\c3ccc(OCc4ccccc4F)cc3)c(=O)n2[C@@H]1c1ccc(OC)cc1. The lowest BCUT2D eigenvalue weighted by Gasteiger charge is -2.26. The monoisotopic (exact) mass is 620 g/mol. The Morgan fingerprint density at radius 3 is 2.31 bits per heavy atom. The number of halogens is 1. The first-order valence-electron chi connectivity index (χ1n) is 14.4. The average molecular weight is 621 g/mol. The van der Waals surface area contributed by atoms with Crippen LogP contribution in [-0.4, -0.2) is 24.3 Å². The van der Waals surface area contributed by atoms with Crippen LogP contribution < -0.4 is 24.4 Å². The second-order valence-electron chi connectivity index (χ2n) is 10.2. The van der Waals surface area contributed by atoms with Crippen LogP contribution in [0.1, 0.15) is 35.2 Å². The molecule has 0 spiro atoms. The highest BCUT2D eigenvalue weighted by Crippen LogP contribution is 2.35. The molecular weight excluding hydrogens is 591 g/mol. The van der Waals surface area contributed by atoms with Crippen LogP contribution in [0.3, 0.4) is 0 Å². The first-order valence-corrected chi connectivity index (χ1v) is 15.2. The van der Waals surface area contributed by atoms with Gasteiger partial charge >= 0.3 is 5.97 Å². The number of rotatable bonds is 9. The van der Waals surface area contributed by atoms with E-state index < -0.39 is 12.0 Å². The lowest BCUT2D eigenvalue weighted by atomic mass is 9.93. The third kappa shape index (κ3) is 6.21. The minimum atomic E-state index is -0.780. The third-order valence-electron chi connectivity index (χ3n) is 7.34. The Labute approximate surface area is 262 Å². The van der Waals surface area contributed by atoms with E-state index >= 15 is 0 Å². The zero-order valence-electron chi connectivity index (χ0n) is 24.6. The summed E-state index contributed by atoms with van der Waals surface area (Å²) in [6, 6.07) is 29.6. The summed E-state index contributed by atoms with van der Waals surface area (Å²) in [5, 5.41) is 0. The number of carbonyl (C=O) groups excluding carboxylic acids is 1. The highest BCUT2D eigenvalue weighted by atomic mass is 32.1. The molecule has 1 atom stereocenters. The molecule has 4 aromatic carbocycles. The van der Waals surface area contributed by atoms with Gasteiger partial charge in [-0.15, -0.1) is 0 Å². The van der Waals surface area contributed by atoms with E-state index in [9.17, 15) is 14.0 Å². The van der Waals surface area contributed by atoms with Gasteiger partial charge in [-0.3, -0.25) is 9.36 Å². The normalized spacial score (nSPS) is 14.5. The molecule has 0 N–H and O–H groups in total. The van der Waals surface area contributed by atoms with Gasteiger partial charge < -0.3 is 14.2 Å². The molecule has 0 bridgehead atoms. The van der Waals surface area contributed by atoms with Crippen molar-refractivity contribution in [3.05, 3.63) is 156 Å². The van der Waals surface area contributed by atoms with Crippen LogP contribution in [0.2, 0.25) is 0 Å². The number of esters is 1. The fraction of sp³-hybridized carbons (Fsp3) is 0.139. The molecule has 0 aliphatic carbocycles. The Bertz CT molecular complexity index is 2050. The molecule has 0 fully saturated rings. The maximum absolute atomic E-state index is 14.1. The largest absolute Gasteiger partial charge is 0.497 e. The summed E-state index contributed by atoms with van der Waals surface area (Å²) >= 11 is 1.25. The Hall–Kier alpha value is -5.28. The van der Waals surface area contributed by atoms with E-state index in [2.05, 4.69) is 0 Å². The van der Waals surface area contributed by atoms with Crippen LogP contribution in [0.15, 0.2) is 118 Å². The van der Waals surface area contributed by atoms with Gasteiger partial charge in [-0.25, -0.2) is 14.2 Å². The standard InChI is InChI=1S/C36H29FN2O5S/c1-3-43-35(41)31-32(24-9-5-4-6-10-24)38-36-39(33(31)25-15-19-27(42-2)20-16-25)34(40)30(45-36)21-23-13-17-28(18-14-23)44-22-26-11-7-8-12-29(26)37/h4-21,33H,3,22H2,1-2H3/b30-21-/t33-/m1/s1. The Morgan fingerprint density at radius 1 is 0.933 bits per heavy atom. The lowest BCUT2D eigenvalue weighted by molar-refractivity contribution is -0.138. The molecule has 0 radical (unpaired) electrons. The van der Waals surface area contributed by atoms with Crippen molar-refractivity contribution in [1.29, 1.82) is 0 Å². The van der Waals surface area contributed by atoms with Gasteiger partial charge in [0.25, 0.3) is 5.56 Å². The fourth-order valence-corrected chi connectivity index (χ4v) is 6.13. The van der Waals surface area contributed by atoms with Crippen molar-refractivity contribution in [2.75, 3.05) is 13.7 Å². The molecule has 0 saturated carbocycles. The summed E-state index contributed by atoms with van der Waals surface area (Å²) in [4.78, 5) is 33.0. The second-order valence-corrected chi connectivity index (χ2v) is 11.2. The predicted octanol–water partition coefficient (Wildman–Crippen LogP) is 5.66. The van der Waals surface area contributed by atoms with E-state index in [0.717, 1.165) is 11.1 Å². The van der Waals surface area contributed by atoms with E-state index in [-0.39, 0.29) is 30.2 Å². The maximum atomic E-state index is 14.1. The number of carbonyl (C=O) groups is 1. The molecule has 1 aliphatic rings. The van der Waals surface area contributed by atoms with Gasteiger partial charge in [0.1, 0.15) is 23.9 Å². The summed E-state index contributed by atoms with van der Waals surface area (Å²) in [5.41, 5.74) is 3.14. The Morgan fingerprint density at radius 2 is 1.62 bits per heavy atom. The summed E-state index contributed by atoms with van der Waals surface area (Å²) in [6.45, 7) is 2.02. The molecular formula is C36H29FN2O5S. The molecule has 7 nitrogen and oxygen atoms in total. The fourth-order valence-electron chi connectivity index (χ4n) is 5.13. The first kappa shape index (κ1) is 29.8. The Kier molecular flexibility index (Phi) is 8.70. The van der Waals surface area contributed by atoms with Crippen LogP contribution in [0, 0.1) is 5.82 Å². The smallest absolute Gasteiger partial charge is 0.338 e. The molecule has 1 aliphatic heterocycles. The van der Waals surface area contributed by atoms with Crippen molar-refractivity contribution in [2.45, 2.75) is 19.6 Å². The molecule has 5 aromatic rings. The van der Waals surface area contributed by atoms with Gasteiger partial charge in [-0.1, -0.05) is 84.1 Å². The van der Waals surface area contributed by atoms with E-state index in [1.807, 2.05) is 54.6 Å². The highest BCUT2D eigenvalue weighted by molar-refractivity contribution is 7.07. The molecule has 6 rings (SSSR count). The van der Waals surface area contributed by atoms with Crippen LogP contribution in [0.25, 0.3) is 11.8 Å². The van der Waals surface area contributed by atoms with Gasteiger partial charge in [0.15, 0.2) is 4.80 Å². The van der Waals surface area contributed by atoms with Crippen LogP contribution in [0.5, 0.6) is 11.5 Å². The minimum Gasteiger partial charge on any atom is -0.497 e. The van der Waals surface area contributed by atoms with Crippen LogP contribution >= 0.6 is 11.3 Å². The predicted molar refractivity (Wildman–Crippen MR) is 171 cm³/mol. The lowest BCUT2D eigenvalue weighted by Crippen LogP contribution is -2.40. The number of nitrogens with zero attached hydrogens (tertiary/aromatic N) is 2. The highest BCUT2D eigenvalue weighted by Gasteiger charge is 2.35. The van der Waals surface area contributed by atoms with Crippen molar-refractivity contribution >= 4 is 29.1 Å². The zero-order valence-corrected chi connectivity index (χ0v) is 25.4. The number of hydrogen-bond acceptors (Lipinski definition) is 7. The summed E-state index contributed by atoms with van der Waals surface area (Å²) in [6.07, 6.45) is 1.78. The van der Waals surface area contributed by atoms with Crippen molar-refractivity contribution in [3.63, 3.8) is 0 Å². The maximum Gasteiger partial charge on any atom is 0.338 e. The van der Waals surface area contributed by atoms with Crippen molar-refractivity contribution < 1.29 is 23.4 Å². The van der Waals surface area contributed by atoms with E-state index in [1.54, 1.807) is 67.1 Å². The summed E-state index contributed by atoms with van der Waals surface area (Å²) < 4.78 is 32.6. The quantitative estimate of drug-likeness (QED) is 0.199. The number of hydrogen-bond donors (Lipinski definition) is 0. The molecule has 0 saturated heterocycles. The number of benzene rings is 4. The average Bonchev–Trinajstić information content (AvgIpc) is 3.38. The summed E-state index contributed by atoms with van der Waals surface area (Å²) in [7, 11) is 1.58. The minimum absolute atomic E-state index is 0.0997. The van der Waals surface area contributed by atoms with Crippen LogP contribution in [0.4, 0.5) is 4.39 Å². The van der Waals surface area contributed by atoms with Crippen molar-refractivity contribution in [2.24, 2.45) is 4.99 Å². The molecule has 0 unspecified atom stereocenters. The summed E-state index contributed by atoms with van der Waals surface area (Å²) in [5.74, 6) is 0.362. The van der Waals surface area contributed by atoms with Crippen molar-refractivity contribution in [3.8, 4) is 11.5 Å². The second kappa shape index (κ2) is 13.2. The number of ether oxygens (including phenoxy) is 3. The van der Waals surface area contributed by atoms with Gasteiger partial charge in [-0.2, -0.15) is 0 Å². The van der Waals surface area contributed by atoms with Gasteiger partial charge in [0.2, 0.25) is 0 Å². The Balaban J connectivity index is 1.44. The van der Waals surface area contributed by atoms with E-state index in [4.69, 9.17) is 19.2 Å². The van der Waals surface area contributed by atoms with E-state index in [1.165, 1.54) is 17.4 Å². The molecule has 9 heteroatoms. The third-order valence-corrected chi connectivity index (χ3v) is 8.32. The molecule has 226 valence electrons. The van der Waals surface area contributed by atoms with E-state index in [0.29, 0.717) is 37.7 Å². The van der Waals surface area contributed by atoms with Gasteiger partial charge in [-0.05, 0) is 54.5 Å². The molecule has 2 heterocycles. The topological polar surface area (TPSA) is 79.1 Å². The number of aromatic nitrogens is 1. The molecule has 0 amide bonds. The number of thiazole rings is 1. The first-order chi connectivity index (χ1) is 22.0. The van der Waals surface area contributed by atoms with Crippen molar-refractivity contribution in [1.82, 2.24) is 4.57 Å². The number of fused-ring (bicyclic) bond motifs is 1. The molecule has 1 aromatic heterocycles. The van der Waals surface area contributed by atoms with Crippen LogP contribution in [-0.2, 0) is 16.1 Å².